The van der Waals surface area contributed by atoms with Crippen LogP contribution in [0.1, 0.15) is 34.8 Å². The van der Waals surface area contributed by atoms with Crippen LogP contribution in [0.2, 0.25) is 0 Å². The van der Waals surface area contributed by atoms with Crippen LogP contribution in [0.15, 0.2) is 53.7 Å². The molecule has 1 N–H and O–H groups in total. The van der Waals surface area contributed by atoms with Crippen LogP contribution in [0.25, 0.3) is 0 Å². The number of nitrogens with one attached hydrogen (secondary N) is 1. The Balaban J connectivity index is 1.57. The third-order valence-corrected chi connectivity index (χ3v) is 6.34. The van der Waals surface area contributed by atoms with Gasteiger partial charge >= 0.3 is 0 Å². The number of nitrogens with zero attached hydrogens (tertiary/aromatic N) is 4. The molecule has 0 radical (unpaired) electrons. The van der Waals surface area contributed by atoms with E-state index in [1.165, 1.54) is 11.8 Å². The number of rotatable bonds is 7. The number of tetrazole rings is 1. The zero-order chi connectivity index (χ0) is 20.9. The second-order valence-electron chi connectivity index (χ2n) is 7.49. The molecule has 1 saturated heterocycles. The Morgan fingerprint density at radius 1 is 1.27 bits per heavy atom. The first-order valence-electron chi connectivity index (χ1n) is 10.1. The van der Waals surface area contributed by atoms with Crippen molar-refractivity contribution in [1.29, 1.82) is 0 Å². The van der Waals surface area contributed by atoms with Crippen LogP contribution >= 0.6 is 11.8 Å². The largest absolute Gasteiger partial charge is 0.376 e. The van der Waals surface area contributed by atoms with Crippen molar-refractivity contribution in [3.8, 4) is 0 Å². The van der Waals surface area contributed by atoms with Gasteiger partial charge in [-0.2, -0.15) is 0 Å². The molecular weight excluding hydrogens is 398 g/mol. The topological polar surface area (TPSA) is 81.9 Å². The predicted octanol–water partition coefficient (Wildman–Crippen LogP) is 3.94. The molecule has 1 fully saturated rings. The molecular formula is C22H25N5O2S. The summed E-state index contributed by atoms with van der Waals surface area (Å²) in [6, 6.07) is 15.7. The van der Waals surface area contributed by atoms with Gasteiger partial charge in [-0.05, 0) is 59.9 Å². The highest BCUT2D eigenvalue weighted by Gasteiger charge is 2.27. The molecule has 0 bridgehead atoms. The highest BCUT2D eigenvalue weighted by atomic mass is 32.2. The monoisotopic (exact) mass is 423 g/mol. The van der Waals surface area contributed by atoms with Crippen LogP contribution in [0.4, 0.5) is 5.69 Å². The lowest BCUT2D eigenvalue weighted by molar-refractivity contribution is -0.115. The van der Waals surface area contributed by atoms with Crippen LogP contribution in [-0.4, -0.2) is 38.8 Å². The number of aryl methyl sites for hydroxylation is 2. The maximum absolute atomic E-state index is 13.3. The number of hydrogen-bond acceptors (Lipinski definition) is 6. The lowest BCUT2D eigenvalue weighted by Crippen LogP contribution is -2.21. The molecule has 2 atom stereocenters. The van der Waals surface area contributed by atoms with Crippen molar-refractivity contribution in [2.45, 2.75) is 49.7 Å². The summed E-state index contributed by atoms with van der Waals surface area (Å²) >= 11 is 1.36. The van der Waals surface area contributed by atoms with Gasteiger partial charge in [0.2, 0.25) is 11.1 Å². The standard InChI is InChI=1S/C22H25N5O2S/c1-15-10-11-16(2)19(13-15)23-21(28)20(17-7-4-3-5-8-17)30-22-24-25-26-27(22)14-18-9-6-12-29-18/h3-5,7-8,10-11,13,18,20H,6,9,12,14H2,1-2H3,(H,23,28)/t18-,20+/m0/s1. The van der Waals surface area contributed by atoms with Gasteiger partial charge in [0.25, 0.3) is 0 Å². The number of carbonyl (C=O) groups is 1. The first-order chi connectivity index (χ1) is 14.6. The van der Waals surface area contributed by atoms with E-state index in [0.717, 1.165) is 41.8 Å². The summed E-state index contributed by atoms with van der Waals surface area (Å²) in [5.74, 6) is -0.105. The van der Waals surface area contributed by atoms with Crippen molar-refractivity contribution in [2.75, 3.05) is 11.9 Å². The number of amides is 1. The number of carbonyl (C=O) groups excluding carboxylic acids is 1. The first-order valence-corrected chi connectivity index (χ1v) is 11.0. The Labute approximate surface area is 180 Å². The maximum atomic E-state index is 13.3. The van der Waals surface area contributed by atoms with Crippen LogP contribution in [0, 0.1) is 13.8 Å². The summed E-state index contributed by atoms with van der Waals surface area (Å²) < 4.78 is 7.45. The molecule has 1 amide bonds. The Bertz CT molecular complexity index is 1000. The van der Waals surface area contributed by atoms with E-state index in [-0.39, 0.29) is 12.0 Å². The van der Waals surface area contributed by atoms with E-state index in [0.29, 0.717) is 11.7 Å². The second kappa shape index (κ2) is 9.40. The van der Waals surface area contributed by atoms with Crippen LogP contribution in [0.5, 0.6) is 0 Å². The average Bonchev–Trinajstić information content (AvgIpc) is 3.42. The van der Waals surface area contributed by atoms with Gasteiger partial charge < -0.3 is 10.1 Å². The molecule has 0 unspecified atom stereocenters. The van der Waals surface area contributed by atoms with E-state index >= 15 is 0 Å². The zero-order valence-corrected chi connectivity index (χ0v) is 17.9. The zero-order valence-electron chi connectivity index (χ0n) is 17.1. The number of thioether (sulfide) groups is 1. The number of aromatic nitrogens is 4. The normalized spacial score (nSPS) is 17.1. The van der Waals surface area contributed by atoms with Crippen molar-refractivity contribution < 1.29 is 9.53 Å². The molecule has 7 nitrogen and oxygen atoms in total. The van der Waals surface area contributed by atoms with Gasteiger partial charge in [-0.15, -0.1) is 5.10 Å². The van der Waals surface area contributed by atoms with E-state index < -0.39 is 5.25 Å². The van der Waals surface area contributed by atoms with Gasteiger partial charge in [-0.1, -0.05) is 54.2 Å². The molecule has 2 heterocycles. The molecule has 2 aromatic carbocycles. The summed E-state index contributed by atoms with van der Waals surface area (Å²) in [6.07, 6.45) is 2.17. The summed E-state index contributed by atoms with van der Waals surface area (Å²) in [5, 5.41) is 15.3. The predicted molar refractivity (Wildman–Crippen MR) is 116 cm³/mol. The number of anilines is 1. The van der Waals surface area contributed by atoms with Crippen molar-refractivity contribution in [3.63, 3.8) is 0 Å². The minimum Gasteiger partial charge on any atom is -0.376 e. The first kappa shape index (κ1) is 20.6. The quantitative estimate of drug-likeness (QED) is 0.580. The highest BCUT2D eigenvalue weighted by Crippen LogP contribution is 2.35. The number of benzene rings is 2. The van der Waals surface area contributed by atoms with Gasteiger partial charge in [0.1, 0.15) is 5.25 Å². The van der Waals surface area contributed by atoms with Gasteiger partial charge in [0.05, 0.1) is 12.6 Å². The van der Waals surface area contributed by atoms with Crippen molar-refractivity contribution in [1.82, 2.24) is 20.2 Å². The smallest absolute Gasteiger partial charge is 0.242 e. The van der Waals surface area contributed by atoms with E-state index in [1.807, 2.05) is 62.4 Å². The highest BCUT2D eigenvalue weighted by molar-refractivity contribution is 8.00. The van der Waals surface area contributed by atoms with Crippen LogP contribution in [-0.2, 0) is 16.1 Å². The summed E-state index contributed by atoms with van der Waals surface area (Å²) in [7, 11) is 0. The molecule has 0 spiro atoms. The lowest BCUT2D eigenvalue weighted by Gasteiger charge is -2.18. The molecule has 0 saturated carbocycles. The van der Waals surface area contributed by atoms with Crippen molar-refractivity contribution >= 4 is 23.4 Å². The molecule has 30 heavy (non-hydrogen) atoms. The molecule has 4 rings (SSSR count). The third kappa shape index (κ3) is 4.88. The summed E-state index contributed by atoms with van der Waals surface area (Å²) in [4.78, 5) is 13.3. The molecule has 3 aromatic rings. The molecule has 0 aliphatic carbocycles. The Morgan fingerprint density at radius 2 is 2.10 bits per heavy atom. The molecule has 156 valence electrons. The maximum Gasteiger partial charge on any atom is 0.242 e. The summed E-state index contributed by atoms with van der Waals surface area (Å²) in [6.45, 7) is 5.37. The fraction of sp³-hybridized carbons (Fsp3) is 0.364. The van der Waals surface area contributed by atoms with Crippen molar-refractivity contribution in [3.05, 3.63) is 65.2 Å². The van der Waals surface area contributed by atoms with E-state index in [2.05, 4.69) is 20.8 Å². The number of ether oxygens (including phenoxy) is 1. The van der Waals surface area contributed by atoms with Crippen LogP contribution < -0.4 is 5.32 Å². The molecule has 1 aromatic heterocycles. The third-order valence-electron chi connectivity index (χ3n) is 5.11. The van der Waals surface area contributed by atoms with E-state index in [9.17, 15) is 4.79 Å². The average molecular weight is 424 g/mol. The Kier molecular flexibility index (Phi) is 6.44. The molecule has 8 heteroatoms. The minimum absolute atomic E-state index is 0.105. The van der Waals surface area contributed by atoms with Crippen molar-refractivity contribution in [2.24, 2.45) is 0 Å². The van der Waals surface area contributed by atoms with Gasteiger partial charge in [0.15, 0.2) is 0 Å². The molecule has 1 aliphatic rings. The minimum atomic E-state index is -0.486. The van der Waals surface area contributed by atoms with Gasteiger partial charge in [-0.3, -0.25) is 4.79 Å². The fourth-order valence-electron chi connectivity index (χ4n) is 3.45. The SMILES string of the molecule is Cc1ccc(C)c(NC(=O)[C@H](Sc2nnnn2C[C@@H]2CCCO2)c2ccccc2)c1. The van der Waals surface area contributed by atoms with E-state index in [4.69, 9.17) is 4.74 Å². The molecule has 1 aliphatic heterocycles. The summed E-state index contributed by atoms with van der Waals surface area (Å²) in [5.41, 5.74) is 3.84. The number of hydrogen-bond donors (Lipinski definition) is 1. The van der Waals surface area contributed by atoms with E-state index in [1.54, 1.807) is 4.68 Å². The Hall–Kier alpha value is -2.71. The Morgan fingerprint density at radius 3 is 2.87 bits per heavy atom. The fourth-order valence-corrected chi connectivity index (χ4v) is 4.44. The van der Waals surface area contributed by atoms with Gasteiger partial charge in [0, 0.05) is 12.3 Å². The lowest BCUT2D eigenvalue weighted by atomic mass is 10.1. The second-order valence-corrected chi connectivity index (χ2v) is 8.57. The van der Waals surface area contributed by atoms with Crippen LogP contribution in [0.3, 0.4) is 0 Å². The van der Waals surface area contributed by atoms with Gasteiger partial charge in [-0.25, -0.2) is 4.68 Å².